The van der Waals surface area contributed by atoms with Gasteiger partial charge in [-0.15, -0.1) is 0 Å². The molecule has 0 aliphatic heterocycles. The second kappa shape index (κ2) is 11.7. The second-order valence-electron chi connectivity index (χ2n) is 6.23. The fourth-order valence-electron chi connectivity index (χ4n) is 2.64. The van der Waals surface area contributed by atoms with Crippen molar-refractivity contribution < 1.29 is 4.74 Å². The zero-order valence-corrected chi connectivity index (χ0v) is 14.4. The van der Waals surface area contributed by atoms with Gasteiger partial charge in [0.1, 0.15) is 5.75 Å². The largest absolute Gasteiger partial charge is 0.494 e. The fraction of sp³-hybridized carbons (Fsp3) is 0.700. The van der Waals surface area contributed by atoms with Gasteiger partial charge in [-0.05, 0) is 36.5 Å². The number of hydrogen-bond donors (Lipinski definition) is 0. The lowest BCUT2D eigenvalue weighted by Gasteiger charge is -2.12. The van der Waals surface area contributed by atoms with Crippen LogP contribution in [0.1, 0.15) is 90.0 Å². The summed E-state index contributed by atoms with van der Waals surface area (Å²) in [5.74, 6) is 1.69. The van der Waals surface area contributed by atoms with Gasteiger partial charge in [-0.3, -0.25) is 0 Å². The highest BCUT2D eigenvalue weighted by atomic mass is 16.5. The van der Waals surface area contributed by atoms with Crippen molar-refractivity contribution in [3.8, 4) is 5.75 Å². The molecule has 0 bridgehead atoms. The van der Waals surface area contributed by atoms with Crippen molar-refractivity contribution in [2.75, 3.05) is 6.61 Å². The van der Waals surface area contributed by atoms with E-state index in [4.69, 9.17) is 4.74 Å². The number of hydrogen-bond acceptors (Lipinski definition) is 1. The van der Waals surface area contributed by atoms with Crippen molar-refractivity contribution >= 4 is 0 Å². The molecule has 0 saturated carbocycles. The van der Waals surface area contributed by atoms with Crippen LogP contribution < -0.4 is 4.74 Å². The molecular formula is C20H34O. The quantitative estimate of drug-likeness (QED) is 0.388. The van der Waals surface area contributed by atoms with E-state index < -0.39 is 0 Å². The van der Waals surface area contributed by atoms with Gasteiger partial charge in [0, 0.05) is 0 Å². The molecule has 0 aliphatic rings. The molecule has 0 aromatic heterocycles. The molecule has 0 aliphatic carbocycles. The van der Waals surface area contributed by atoms with Crippen molar-refractivity contribution in [3.05, 3.63) is 29.8 Å². The van der Waals surface area contributed by atoms with Gasteiger partial charge in [-0.1, -0.05) is 77.8 Å². The molecule has 1 aromatic rings. The monoisotopic (exact) mass is 290 g/mol. The molecule has 0 amide bonds. The first kappa shape index (κ1) is 18.1. The van der Waals surface area contributed by atoms with Crippen LogP contribution in [0.15, 0.2) is 24.3 Å². The van der Waals surface area contributed by atoms with Crippen LogP contribution in [0.4, 0.5) is 0 Å². The molecule has 1 unspecified atom stereocenters. The summed E-state index contributed by atoms with van der Waals surface area (Å²) in [4.78, 5) is 0. The SMILES string of the molecule is CCCCCCCCOc1ccc(C(C)CCCC)cc1. The Hall–Kier alpha value is -0.980. The van der Waals surface area contributed by atoms with Crippen molar-refractivity contribution in [1.82, 2.24) is 0 Å². The number of rotatable bonds is 12. The zero-order valence-electron chi connectivity index (χ0n) is 14.4. The summed E-state index contributed by atoms with van der Waals surface area (Å²) in [6.45, 7) is 7.69. The summed E-state index contributed by atoms with van der Waals surface area (Å²) in [6, 6.07) is 8.73. The van der Waals surface area contributed by atoms with E-state index in [9.17, 15) is 0 Å². The van der Waals surface area contributed by atoms with Gasteiger partial charge < -0.3 is 4.74 Å². The maximum Gasteiger partial charge on any atom is 0.119 e. The smallest absolute Gasteiger partial charge is 0.119 e. The van der Waals surface area contributed by atoms with Crippen molar-refractivity contribution in [2.24, 2.45) is 0 Å². The van der Waals surface area contributed by atoms with Crippen molar-refractivity contribution in [2.45, 2.75) is 84.5 Å². The van der Waals surface area contributed by atoms with Crippen LogP contribution in [0, 0.1) is 0 Å². The molecular weight excluding hydrogens is 256 g/mol. The molecule has 1 heteroatoms. The molecule has 0 N–H and O–H groups in total. The summed E-state index contributed by atoms with van der Waals surface area (Å²) in [5, 5.41) is 0. The Balaban J connectivity index is 2.19. The van der Waals surface area contributed by atoms with Crippen LogP contribution >= 0.6 is 0 Å². The van der Waals surface area contributed by atoms with Crippen molar-refractivity contribution in [3.63, 3.8) is 0 Å². The van der Waals surface area contributed by atoms with E-state index in [-0.39, 0.29) is 0 Å². The number of benzene rings is 1. The Bertz CT molecular complexity index is 341. The summed E-state index contributed by atoms with van der Waals surface area (Å²) >= 11 is 0. The zero-order chi connectivity index (χ0) is 15.3. The molecule has 120 valence electrons. The van der Waals surface area contributed by atoms with Gasteiger partial charge in [0.2, 0.25) is 0 Å². The first-order chi connectivity index (χ1) is 10.3. The van der Waals surface area contributed by atoms with Crippen LogP contribution in [0.2, 0.25) is 0 Å². The Morgan fingerprint density at radius 3 is 2.10 bits per heavy atom. The van der Waals surface area contributed by atoms with E-state index in [2.05, 4.69) is 45.0 Å². The van der Waals surface area contributed by atoms with Crippen molar-refractivity contribution in [1.29, 1.82) is 0 Å². The Labute approximate surface area is 132 Å². The van der Waals surface area contributed by atoms with Crippen LogP contribution in [0.3, 0.4) is 0 Å². The molecule has 0 fully saturated rings. The third-order valence-electron chi connectivity index (χ3n) is 4.21. The average Bonchev–Trinajstić information content (AvgIpc) is 2.52. The topological polar surface area (TPSA) is 9.23 Å². The lowest BCUT2D eigenvalue weighted by Crippen LogP contribution is -1.98. The van der Waals surface area contributed by atoms with Crippen LogP contribution in [-0.4, -0.2) is 6.61 Å². The van der Waals surface area contributed by atoms with E-state index in [1.165, 1.54) is 63.4 Å². The number of unbranched alkanes of at least 4 members (excludes halogenated alkanes) is 6. The fourth-order valence-corrected chi connectivity index (χ4v) is 2.64. The third-order valence-corrected chi connectivity index (χ3v) is 4.21. The highest BCUT2D eigenvalue weighted by molar-refractivity contribution is 5.29. The van der Waals surface area contributed by atoms with Crippen LogP contribution in [0.25, 0.3) is 0 Å². The lowest BCUT2D eigenvalue weighted by atomic mass is 9.96. The van der Waals surface area contributed by atoms with Gasteiger partial charge in [0.05, 0.1) is 6.61 Å². The maximum atomic E-state index is 5.83. The molecule has 1 nitrogen and oxygen atoms in total. The minimum atomic E-state index is 0.664. The van der Waals surface area contributed by atoms with Gasteiger partial charge >= 0.3 is 0 Å². The Morgan fingerprint density at radius 1 is 0.810 bits per heavy atom. The Kier molecular flexibility index (Phi) is 10.0. The first-order valence-corrected chi connectivity index (χ1v) is 9.00. The third kappa shape index (κ3) is 8.14. The highest BCUT2D eigenvalue weighted by Gasteiger charge is 2.04. The molecule has 0 heterocycles. The minimum Gasteiger partial charge on any atom is -0.494 e. The highest BCUT2D eigenvalue weighted by Crippen LogP contribution is 2.23. The van der Waals surface area contributed by atoms with E-state index in [0.29, 0.717) is 5.92 Å². The molecule has 21 heavy (non-hydrogen) atoms. The minimum absolute atomic E-state index is 0.664. The van der Waals surface area contributed by atoms with E-state index in [1.807, 2.05) is 0 Å². The van der Waals surface area contributed by atoms with E-state index >= 15 is 0 Å². The average molecular weight is 290 g/mol. The van der Waals surface area contributed by atoms with Gasteiger partial charge in [-0.25, -0.2) is 0 Å². The van der Waals surface area contributed by atoms with Gasteiger partial charge in [0.25, 0.3) is 0 Å². The summed E-state index contributed by atoms with van der Waals surface area (Å²) in [6.07, 6.45) is 11.8. The standard InChI is InChI=1S/C20H34O/c1-4-6-8-9-10-11-17-21-20-15-13-19(14-16-20)18(3)12-7-5-2/h13-16,18H,4-12,17H2,1-3H3. The molecule has 0 spiro atoms. The molecule has 0 saturated heterocycles. The van der Waals surface area contributed by atoms with Crippen LogP contribution in [0.5, 0.6) is 5.75 Å². The van der Waals surface area contributed by atoms with Gasteiger partial charge in [0.15, 0.2) is 0 Å². The summed E-state index contributed by atoms with van der Waals surface area (Å²) < 4.78 is 5.83. The maximum absolute atomic E-state index is 5.83. The number of ether oxygens (including phenoxy) is 1. The lowest BCUT2D eigenvalue weighted by molar-refractivity contribution is 0.304. The van der Waals surface area contributed by atoms with Crippen LogP contribution in [-0.2, 0) is 0 Å². The van der Waals surface area contributed by atoms with E-state index in [1.54, 1.807) is 0 Å². The predicted molar refractivity (Wildman–Crippen MR) is 93.3 cm³/mol. The normalized spacial score (nSPS) is 12.3. The first-order valence-electron chi connectivity index (χ1n) is 9.00. The Morgan fingerprint density at radius 2 is 1.43 bits per heavy atom. The molecule has 1 atom stereocenters. The molecule has 1 rings (SSSR count). The summed E-state index contributed by atoms with van der Waals surface area (Å²) in [7, 11) is 0. The van der Waals surface area contributed by atoms with Gasteiger partial charge in [-0.2, -0.15) is 0 Å². The molecule has 0 radical (unpaired) electrons. The second-order valence-corrected chi connectivity index (χ2v) is 6.23. The summed E-state index contributed by atoms with van der Waals surface area (Å²) in [5.41, 5.74) is 1.44. The predicted octanol–water partition coefficient (Wildman–Crippen LogP) is 6.72. The van der Waals surface area contributed by atoms with E-state index in [0.717, 1.165) is 12.4 Å². The molecule has 1 aromatic carbocycles.